The zero-order valence-electron chi connectivity index (χ0n) is 12.7. The maximum Gasteiger partial charge on any atom is 0.334 e. The summed E-state index contributed by atoms with van der Waals surface area (Å²) in [5, 5.41) is 10.9. The summed E-state index contributed by atoms with van der Waals surface area (Å²) in [6, 6.07) is 0. The van der Waals surface area contributed by atoms with Gasteiger partial charge in [-0.25, -0.2) is 4.79 Å². The minimum Gasteiger partial charge on any atom is -0.458 e. The van der Waals surface area contributed by atoms with Crippen molar-refractivity contribution in [3.8, 4) is 0 Å². The molecule has 2 aliphatic carbocycles. The Bertz CT molecular complexity index is 513. The van der Waals surface area contributed by atoms with Crippen molar-refractivity contribution < 1.29 is 24.2 Å². The third-order valence-corrected chi connectivity index (χ3v) is 5.88. The number of hydrogen-bond acceptors (Lipinski definition) is 5. The maximum atomic E-state index is 12.6. The quantitative estimate of drug-likeness (QED) is 0.579. The van der Waals surface area contributed by atoms with Crippen LogP contribution in [0.3, 0.4) is 0 Å². The van der Waals surface area contributed by atoms with Crippen LogP contribution in [0.1, 0.15) is 26.7 Å². The van der Waals surface area contributed by atoms with E-state index in [1.165, 1.54) is 0 Å². The molecule has 1 aliphatic heterocycles. The molecule has 0 aromatic carbocycles. The number of methoxy groups -OCH3 is 1. The maximum absolute atomic E-state index is 12.6. The Balaban J connectivity index is 2.07. The van der Waals surface area contributed by atoms with Crippen molar-refractivity contribution in [3.05, 3.63) is 12.2 Å². The lowest BCUT2D eigenvalue weighted by molar-refractivity contribution is -0.140. The molecule has 1 saturated heterocycles. The molecule has 0 spiro atoms. The van der Waals surface area contributed by atoms with Crippen molar-refractivity contribution in [2.45, 2.75) is 45.0 Å². The van der Waals surface area contributed by atoms with Gasteiger partial charge in [-0.3, -0.25) is 4.79 Å². The molecule has 0 bridgehead atoms. The number of ether oxygens (including phenoxy) is 2. The van der Waals surface area contributed by atoms with Crippen LogP contribution in [0.25, 0.3) is 0 Å². The lowest BCUT2D eigenvalue weighted by Crippen LogP contribution is -2.47. The number of fused-ring (bicyclic) bond motifs is 2. The van der Waals surface area contributed by atoms with E-state index in [0.29, 0.717) is 12.8 Å². The third kappa shape index (κ3) is 1.77. The SMILES string of the molecule is C=C1C(=O)O[C@H]2C[C@@H](C)[C@@H]3[C@H](OC)CC(=O)[C@@]3(C)[C@@H](O)[C@H]12. The van der Waals surface area contributed by atoms with Gasteiger partial charge in [0.25, 0.3) is 0 Å². The third-order valence-electron chi connectivity index (χ3n) is 5.88. The van der Waals surface area contributed by atoms with Crippen LogP contribution in [0.2, 0.25) is 0 Å². The number of rotatable bonds is 1. The second-order valence-corrected chi connectivity index (χ2v) is 6.86. The summed E-state index contributed by atoms with van der Waals surface area (Å²) in [6.45, 7) is 7.61. The summed E-state index contributed by atoms with van der Waals surface area (Å²) in [4.78, 5) is 24.4. The fourth-order valence-corrected chi connectivity index (χ4v) is 4.77. The number of ketones is 1. The predicted molar refractivity (Wildman–Crippen MR) is 74.3 cm³/mol. The zero-order valence-corrected chi connectivity index (χ0v) is 12.7. The van der Waals surface area contributed by atoms with Gasteiger partial charge in [-0.05, 0) is 19.3 Å². The molecule has 3 aliphatic rings. The highest BCUT2D eigenvalue weighted by atomic mass is 16.6. The largest absolute Gasteiger partial charge is 0.458 e. The molecular weight excluding hydrogens is 272 g/mol. The van der Waals surface area contributed by atoms with Gasteiger partial charge in [0.15, 0.2) is 0 Å². The number of carbonyl (C=O) groups excluding carboxylic acids is 2. The molecule has 0 unspecified atom stereocenters. The fourth-order valence-electron chi connectivity index (χ4n) is 4.77. The smallest absolute Gasteiger partial charge is 0.334 e. The van der Waals surface area contributed by atoms with E-state index >= 15 is 0 Å². The number of carbonyl (C=O) groups is 2. The van der Waals surface area contributed by atoms with Crippen LogP contribution in [0.5, 0.6) is 0 Å². The average Bonchev–Trinajstić information content (AvgIpc) is 2.82. The molecule has 3 fully saturated rings. The Morgan fingerprint density at radius 3 is 2.71 bits per heavy atom. The van der Waals surface area contributed by atoms with Crippen molar-refractivity contribution in [1.29, 1.82) is 0 Å². The Kier molecular flexibility index (Phi) is 3.26. The number of Topliss-reactive ketones (excluding diaryl/α,β-unsaturated/α-hetero) is 1. The minimum atomic E-state index is -0.955. The van der Waals surface area contributed by atoms with E-state index in [1.54, 1.807) is 14.0 Å². The molecule has 1 N–H and O–H groups in total. The van der Waals surface area contributed by atoms with Gasteiger partial charge in [0.1, 0.15) is 11.9 Å². The molecule has 0 amide bonds. The Morgan fingerprint density at radius 1 is 1.43 bits per heavy atom. The predicted octanol–water partition coefficient (Wildman–Crippen LogP) is 1.10. The van der Waals surface area contributed by atoms with Crippen molar-refractivity contribution in [1.82, 2.24) is 0 Å². The van der Waals surface area contributed by atoms with Crippen LogP contribution in [0, 0.1) is 23.2 Å². The second kappa shape index (κ2) is 4.65. The van der Waals surface area contributed by atoms with Gasteiger partial charge in [0, 0.05) is 25.0 Å². The summed E-state index contributed by atoms with van der Waals surface area (Å²) in [5.41, 5.74) is -0.619. The molecule has 0 aromatic heterocycles. The average molecular weight is 294 g/mol. The van der Waals surface area contributed by atoms with Crippen molar-refractivity contribution >= 4 is 11.8 Å². The van der Waals surface area contributed by atoms with Crippen LogP contribution in [0.15, 0.2) is 12.2 Å². The van der Waals surface area contributed by atoms with E-state index in [2.05, 4.69) is 6.58 Å². The van der Waals surface area contributed by atoms with Gasteiger partial charge in [0.05, 0.1) is 23.5 Å². The summed E-state index contributed by atoms with van der Waals surface area (Å²) in [7, 11) is 1.60. The molecule has 116 valence electrons. The summed E-state index contributed by atoms with van der Waals surface area (Å²) < 4.78 is 10.9. The topological polar surface area (TPSA) is 72.8 Å². The van der Waals surface area contributed by atoms with E-state index in [0.717, 1.165) is 0 Å². The highest BCUT2D eigenvalue weighted by molar-refractivity contribution is 5.93. The highest BCUT2D eigenvalue weighted by Crippen LogP contribution is 2.55. The Labute approximate surface area is 124 Å². The molecule has 21 heavy (non-hydrogen) atoms. The first-order valence-electron chi connectivity index (χ1n) is 7.46. The normalized spacial score (nSPS) is 49.6. The van der Waals surface area contributed by atoms with E-state index in [1.807, 2.05) is 6.92 Å². The molecule has 0 aromatic rings. The Morgan fingerprint density at radius 2 is 2.10 bits per heavy atom. The van der Waals surface area contributed by atoms with Crippen molar-refractivity contribution in [2.24, 2.45) is 23.2 Å². The summed E-state index contributed by atoms with van der Waals surface area (Å²) in [5.74, 6) is -0.884. The van der Waals surface area contributed by atoms with Crippen molar-refractivity contribution in [2.75, 3.05) is 7.11 Å². The summed E-state index contributed by atoms with van der Waals surface area (Å²) >= 11 is 0. The summed E-state index contributed by atoms with van der Waals surface area (Å²) in [6.07, 6.45) is -0.584. The lowest BCUT2D eigenvalue weighted by Gasteiger charge is -2.38. The molecule has 2 saturated carbocycles. The monoisotopic (exact) mass is 294 g/mol. The second-order valence-electron chi connectivity index (χ2n) is 6.86. The van der Waals surface area contributed by atoms with Gasteiger partial charge < -0.3 is 14.6 Å². The van der Waals surface area contributed by atoms with Gasteiger partial charge in [-0.15, -0.1) is 0 Å². The molecule has 1 heterocycles. The van der Waals surface area contributed by atoms with Gasteiger partial charge in [0.2, 0.25) is 0 Å². The molecule has 5 heteroatoms. The number of esters is 1. The number of hydrogen-bond donors (Lipinski definition) is 1. The van der Waals surface area contributed by atoms with Crippen LogP contribution in [-0.2, 0) is 19.1 Å². The zero-order chi connectivity index (χ0) is 15.5. The van der Waals surface area contributed by atoms with Crippen LogP contribution < -0.4 is 0 Å². The number of aliphatic hydroxyl groups is 1. The molecule has 3 rings (SSSR count). The van der Waals surface area contributed by atoms with Gasteiger partial charge >= 0.3 is 5.97 Å². The van der Waals surface area contributed by atoms with E-state index in [9.17, 15) is 14.7 Å². The van der Waals surface area contributed by atoms with Gasteiger partial charge in [-0.2, -0.15) is 0 Å². The Hall–Kier alpha value is -1.20. The van der Waals surface area contributed by atoms with Crippen LogP contribution in [0.4, 0.5) is 0 Å². The highest BCUT2D eigenvalue weighted by Gasteiger charge is 2.64. The molecule has 7 atom stereocenters. The van der Waals surface area contributed by atoms with Crippen molar-refractivity contribution in [3.63, 3.8) is 0 Å². The lowest BCUT2D eigenvalue weighted by atomic mass is 9.67. The first kappa shape index (κ1) is 14.7. The first-order valence-corrected chi connectivity index (χ1v) is 7.46. The first-order chi connectivity index (χ1) is 9.82. The van der Waals surface area contributed by atoms with E-state index < -0.39 is 23.4 Å². The van der Waals surface area contributed by atoms with Gasteiger partial charge in [-0.1, -0.05) is 13.5 Å². The van der Waals surface area contributed by atoms with Crippen LogP contribution in [-0.4, -0.2) is 42.3 Å². The standard InChI is InChI=1S/C16H22O5/c1-7-5-9-12(8(2)15(19)21-9)14(18)16(3)11(17)6-10(20-4)13(7)16/h7,9-10,12-14,18H,2,5-6H2,1,3-4H3/t7-,9+,10-,12-,13-,14+,16-/m1/s1. The molecular formula is C16H22O5. The minimum absolute atomic E-state index is 0.00602. The fraction of sp³-hybridized carbons (Fsp3) is 0.750. The van der Waals surface area contributed by atoms with E-state index in [4.69, 9.17) is 9.47 Å². The van der Waals surface area contributed by atoms with E-state index in [-0.39, 0.29) is 35.4 Å². The molecule has 5 nitrogen and oxygen atoms in total. The van der Waals surface area contributed by atoms with Crippen LogP contribution >= 0.6 is 0 Å². The number of aliphatic hydroxyl groups excluding tert-OH is 1. The molecule has 0 radical (unpaired) electrons.